The molecule has 98 valence electrons. The first-order valence-corrected chi connectivity index (χ1v) is 6.47. The standard InChI is InChI=1S/C10H13N3O4S/c1-16-9-5-7(12)8(6-10(9)17-2)13-18(14,15)4-3-11/h5-6,13H,4,12H2,1-2H3. The fourth-order valence-electron chi connectivity index (χ4n) is 1.27. The average molecular weight is 271 g/mol. The molecule has 1 aromatic rings. The van der Waals surface area contributed by atoms with Gasteiger partial charge in [-0.2, -0.15) is 5.26 Å². The maximum absolute atomic E-state index is 11.4. The molecule has 0 aliphatic carbocycles. The Labute approximate surface area is 105 Å². The molecule has 0 amide bonds. The van der Waals surface area contributed by atoms with Crippen LogP contribution in [0.4, 0.5) is 11.4 Å². The smallest absolute Gasteiger partial charge is 0.246 e. The van der Waals surface area contributed by atoms with Crippen molar-refractivity contribution in [1.82, 2.24) is 0 Å². The van der Waals surface area contributed by atoms with Gasteiger partial charge in [-0.25, -0.2) is 8.42 Å². The van der Waals surface area contributed by atoms with E-state index >= 15 is 0 Å². The Morgan fingerprint density at radius 2 is 1.89 bits per heavy atom. The molecule has 0 saturated heterocycles. The first-order chi connectivity index (χ1) is 8.43. The summed E-state index contributed by atoms with van der Waals surface area (Å²) in [7, 11) is -0.880. The Kier molecular flexibility index (Phi) is 4.23. The van der Waals surface area contributed by atoms with Crippen molar-refractivity contribution in [2.45, 2.75) is 0 Å². The number of nitrogens with two attached hydrogens (primary N) is 1. The second-order valence-electron chi connectivity index (χ2n) is 3.31. The quantitative estimate of drug-likeness (QED) is 0.756. The molecule has 0 saturated carbocycles. The fraction of sp³-hybridized carbons (Fsp3) is 0.300. The van der Waals surface area contributed by atoms with E-state index in [1.165, 1.54) is 26.4 Å². The topological polar surface area (TPSA) is 114 Å². The van der Waals surface area contributed by atoms with E-state index < -0.39 is 15.8 Å². The molecular formula is C10H13N3O4S. The van der Waals surface area contributed by atoms with Gasteiger partial charge in [-0.1, -0.05) is 0 Å². The van der Waals surface area contributed by atoms with Crippen LogP contribution in [0.25, 0.3) is 0 Å². The van der Waals surface area contributed by atoms with E-state index in [1.807, 2.05) is 0 Å². The van der Waals surface area contributed by atoms with Crippen LogP contribution in [0.5, 0.6) is 11.5 Å². The minimum atomic E-state index is -3.74. The zero-order valence-electron chi connectivity index (χ0n) is 9.93. The Hall–Kier alpha value is -2.14. The van der Waals surface area contributed by atoms with Crippen LogP contribution >= 0.6 is 0 Å². The lowest BCUT2D eigenvalue weighted by molar-refractivity contribution is 0.355. The van der Waals surface area contributed by atoms with Gasteiger partial charge in [0.15, 0.2) is 17.3 Å². The fourth-order valence-corrected chi connectivity index (χ4v) is 2.03. The number of hydrogen-bond acceptors (Lipinski definition) is 6. The van der Waals surface area contributed by atoms with E-state index in [-0.39, 0.29) is 11.4 Å². The number of ether oxygens (including phenoxy) is 2. The summed E-state index contributed by atoms with van der Waals surface area (Å²) in [5.41, 5.74) is 6.00. The number of nitrogens with zero attached hydrogens (tertiary/aromatic N) is 1. The Morgan fingerprint density at radius 3 is 2.39 bits per heavy atom. The van der Waals surface area contributed by atoms with E-state index in [0.29, 0.717) is 11.5 Å². The van der Waals surface area contributed by atoms with Crippen molar-refractivity contribution in [3.8, 4) is 17.6 Å². The monoisotopic (exact) mass is 271 g/mol. The largest absolute Gasteiger partial charge is 0.493 e. The molecule has 0 atom stereocenters. The van der Waals surface area contributed by atoms with Crippen molar-refractivity contribution in [2.75, 3.05) is 30.4 Å². The second-order valence-corrected chi connectivity index (χ2v) is 5.04. The van der Waals surface area contributed by atoms with Gasteiger partial charge >= 0.3 is 0 Å². The summed E-state index contributed by atoms with van der Waals surface area (Å²) in [5.74, 6) is 0.0698. The highest BCUT2D eigenvalue weighted by molar-refractivity contribution is 7.92. The summed E-state index contributed by atoms with van der Waals surface area (Å²) in [5, 5.41) is 8.39. The SMILES string of the molecule is COc1cc(N)c(NS(=O)(=O)CC#N)cc1OC. The van der Waals surface area contributed by atoms with Gasteiger partial charge in [0, 0.05) is 12.1 Å². The van der Waals surface area contributed by atoms with Crippen LogP contribution in [0.2, 0.25) is 0 Å². The van der Waals surface area contributed by atoms with Crippen LogP contribution < -0.4 is 19.9 Å². The summed E-state index contributed by atoms with van der Waals surface area (Å²) in [6, 6.07) is 4.38. The number of hydrogen-bond donors (Lipinski definition) is 2. The van der Waals surface area contributed by atoms with Crippen molar-refractivity contribution < 1.29 is 17.9 Å². The van der Waals surface area contributed by atoms with E-state index in [1.54, 1.807) is 6.07 Å². The van der Waals surface area contributed by atoms with Crippen molar-refractivity contribution >= 4 is 21.4 Å². The molecule has 0 radical (unpaired) electrons. The molecule has 0 fully saturated rings. The van der Waals surface area contributed by atoms with Crippen molar-refractivity contribution in [2.24, 2.45) is 0 Å². The molecule has 0 bridgehead atoms. The maximum Gasteiger partial charge on any atom is 0.246 e. The summed E-state index contributed by atoms with van der Waals surface area (Å²) in [4.78, 5) is 0. The summed E-state index contributed by atoms with van der Waals surface area (Å²) >= 11 is 0. The van der Waals surface area contributed by atoms with Crippen molar-refractivity contribution in [1.29, 1.82) is 5.26 Å². The molecular weight excluding hydrogens is 258 g/mol. The Balaban J connectivity index is 3.15. The van der Waals surface area contributed by atoms with Gasteiger partial charge in [0.25, 0.3) is 0 Å². The molecule has 0 unspecified atom stereocenters. The Morgan fingerprint density at radius 1 is 1.33 bits per heavy atom. The first kappa shape index (κ1) is 13.9. The summed E-state index contributed by atoms with van der Waals surface area (Å²) in [6.45, 7) is 0. The minimum Gasteiger partial charge on any atom is -0.493 e. The molecule has 18 heavy (non-hydrogen) atoms. The van der Waals surface area contributed by atoms with Gasteiger partial charge in [0.2, 0.25) is 10.0 Å². The normalized spacial score (nSPS) is 10.5. The number of nitriles is 1. The first-order valence-electron chi connectivity index (χ1n) is 4.82. The molecule has 0 aliphatic heterocycles. The predicted molar refractivity (Wildman–Crippen MR) is 67.0 cm³/mol. The average Bonchev–Trinajstić information content (AvgIpc) is 2.30. The Bertz CT molecular complexity index is 578. The van der Waals surface area contributed by atoms with E-state index in [4.69, 9.17) is 20.5 Å². The lowest BCUT2D eigenvalue weighted by Crippen LogP contribution is -2.16. The van der Waals surface area contributed by atoms with E-state index in [0.717, 1.165) is 0 Å². The summed E-state index contributed by atoms with van der Waals surface area (Å²) < 4.78 is 35.1. The van der Waals surface area contributed by atoms with Crippen LogP contribution in [0, 0.1) is 11.3 Å². The molecule has 0 aliphatic rings. The molecule has 0 heterocycles. The van der Waals surface area contributed by atoms with Crippen molar-refractivity contribution in [3.05, 3.63) is 12.1 Å². The number of nitrogens with one attached hydrogen (secondary N) is 1. The van der Waals surface area contributed by atoms with Crippen molar-refractivity contribution in [3.63, 3.8) is 0 Å². The molecule has 0 aromatic heterocycles. The zero-order valence-corrected chi connectivity index (χ0v) is 10.7. The number of rotatable bonds is 5. The van der Waals surface area contributed by atoms with Gasteiger partial charge in [0.05, 0.1) is 31.7 Å². The van der Waals surface area contributed by atoms with Crippen LogP contribution in [0.3, 0.4) is 0 Å². The van der Waals surface area contributed by atoms with Crippen LogP contribution in [0.15, 0.2) is 12.1 Å². The number of anilines is 2. The third-order valence-electron chi connectivity index (χ3n) is 2.08. The predicted octanol–water partition coefficient (Wildman–Crippen LogP) is 0.551. The molecule has 1 rings (SSSR count). The highest BCUT2D eigenvalue weighted by Gasteiger charge is 2.15. The lowest BCUT2D eigenvalue weighted by Gasteiger charge is -2.13. The second kappa shape index (κ2) is 5.46. The van der Waals surface area contributed by atoms with Gasteiger partial charge in [0.1, 0.15) is 0 Å². The maximum atomic E-state index is 11.4. The van der Waals surface area contributed by atoms with E-state index in [2.05, 4.69) is 4.72 Å². The van der Waals surface area contributed by atoms with E-state index in [9.17, 15) is 8.42 Å². The molecule has 7 nitrogen and oxygen atoms in total. The van der Waals surface area contributed by atoms with Gasteiger partial charge < -0.3 is 15.2 Å². The molecule has 0 spiro atoms. The van der Waals surface area contributed by atoms with Gasteiger partial charge in [-0.05, 0) is 0 Å². The molecule has 8 heteroatoms. The zero-order chi connectivity index (χ0) is 13.8. The highest BCUT2D eigenvalue weighted by atomic mass is 32.2. The van der Waals surface area contributed by atoms with Gasteiger partial charge in [-0.15, -0.1) is 0 Å². The third-order valence-corrected chi connectivity index (χ3v) is 3.12. The van der Waals surface area contributed by atoms with Crippen LogP contribution in [-0.4, -0.2) is 28.4 Å². The highest BCUT2D eigenvalue weighted by Crippen LogP contribution is 2.35. The number of nitrogen functional groups attached to an aromatic ring is 1. The number of sulfonamides is 1. The minimum absolute atomic E-state index is 0.142. The summed E-state index contributed by atoms with van der Waals surface area (Å²) in [6.07, 6.45) is 0. The van der Waals surface area contributed by atoms with Crippen LogP contribution in [0.1, 0.15) is 0 Å². The number of methoxy groups -OCH3 is 2. The lowest BCUT2D eigenvalue weighted by atomic mass is 10.2. The van der Waals surface area contributed by atoms with Crippen LogP contribution in [-0.2, 0) is 10.0 Å². The van der Waals surface area contributed by atoms with Gasteiger partial charge in [-0.3, -0.25) is 4.72 Å². The molecule has 1 aromatic carbocycles. The molecule has 3 N–H and O–H groups in total. The third kappa shape index (κ3) is 3.18. The number of benzene rings is 1.